The molecule has 0 unspecified atom stereocenters. The maximum atomic E-state index is 12.0. The minimum atomic E-state index is 0.146. The molecular formula is C14H20N2O. The van der Waals surface area contributed by atoms with Crippen molar-refractivity contribution in [3.63, 3.8) is 0 Å². The number of benzene rings is 1. The van der Waals surface area contributed by atoms with E-state index in [9.17, 15) is 4.79 Å². The van der Waals surface area contributed by atoms with Crippen LogP contribution in [0, 0.1) is 12.8 Å². The summed E-state index contributed by atoms with van der Waals surface area (Å²) in [6.45, 7) is 1.96. The Bertz CT molecular complexity index is 409. The van der Waals surface area contributed by atoms with Crippen LogP contribution < -0.4 is 11.1 Å². The van der Waals surface area contributed by atoms with Crippen molar-refractivity contribution in [3.8, 4) is 0 Å². The van der Waals surface area contributed by atoms with Crippen LogP contribution in [-0.4, -0.2) is 5.91 Å². The molecule has 0 spiro atoms. The molecule has 1 amide bonds. The van der Waals surface area contributed by atoms with Crippen molar-refractivity contribution in [2.75, 3.05) is 11.1 Å². The predicted molar refractivity (Wildman–Crippen MR) is 70.8 cm³/mol. The van der Waals surface area contributed by atoms with E-state index in [1.165, 1.54) is 19.3 Å². The minimum absolute atomic E-state index is 0.146. The van der Waals surface area contributed by atoms with E-state index in [0.29, 0.717) is 0 Å². The normalized spacial score (nSPS) is 16.8. The number of aryl methyl sites for hydroxylation is 1. The average molecular weight is 232 g/mol. The molecule has 0 aliphatic heterocycles. The molecule has 0 heterocycles. The van der Waals surface area contributed by atoms with Crippen LogP contribution in [0.3, 0.4) is 0 Å². The van der Waals surface area contributed by atoms with Crippen molar-refractivity contribution in [2.45, 2.75) is 39.0 Å². The number of hydrogen-bond acceptors (Lipinski definition) is 2. The highest BCUT2D eigenvalue weighted by molar-refractivity contribution is 5.93. The van der Waals surface area contributed by atoms with Gasteiger partial charge in [-0.1, -0.05) is 25.3 Å². The summed E-state index contributed by atoms with van der Waals surface area (Å²) in [7, 11) is 0. The third-order valence-electron chi connectivity index (χ3n) is 3.52. The zero-order valence-corrected chi connectivity index (χ0v) is 10.3. The fraction of sp³-hybridized carbons (Fsp3) is 0.500. The van der Waals surface area contributed by atoms with Crippen LogP contribution in [0.1, 0.15) is 37.7 Å². The Morgan fingerprint density at radius 3 is 2.65 bits per heavy atom. The van der Waals surface area contributed by atoms with Gasteiger partial charge in [0, 0.05) is 17.3 Å². The lowest BCUT2D eigenvalue weighted by Gasteiger charge is -2.20. The Hall–Kier alpha value is -1.51. The van der Waals surface area contributed by atoms with Gasteiger partial charge in [0.25, 0.3) is 0 Å². The SMILES string of the molecule is Cc1ccc(NC(=O)C2CCCCC2)cc1N. The molecule has 1 aliphatic rings. The molecule has 1 aromatic rings. The number of anilines is 2. The third-order valence-corrected chi connectivity index (χ3v) is 3.52. The largest absolute Gasteiger partial charge is 0.398 e. The van der Waals surface area contributed by atoms with Gasteiger partial charge in [-0.3, -0.25) is 4.79 Å². The maximum Gasteiger partial charge on any atom is 0.227 e. The molecule has 92 valence electrons. The van der Waals surface area contributed by atoms with Crippen molar-refractivity contribution in [1.82, 2.24) is 0 Å². The summed E-state index contributed by atoms with van der Waals surface area (Å²) in [4.78, 5) is 12.0. The maximum absolute atomic E-state index is 12.0. The van der Waals surface area contributed by atoms with Crippen molar-refractivity contribution < 1.29 is 4.79 Å². The van der Waals surface area contributed by atoms with E-state index in [4.69, 9.17) is 5.73 Å². The molecule has 0 aromatic heterocycles. The summed E-state index contributed by atoms with van der Waals surface area (Å²) >= 11 is 0. The van der Waals surface area contributed by atoms with Crippen LogP contribution >= 0.6 is 0 Å². The molecule has 0 saturated heterocycles. The van der Waals surface area contributed by atoms with Crippen LogP contribution in [0.15, 0.2) is 18.2 Å². The first-order valence-corrected chi connectivity index (χ1v) is 6.34. The molecule has 3 nitrogen and oxygen atoms in total. The number of amides is 1. The van der Waals surface area contributed by atoms with Gasteiger partial charge in [0.05, 0.1) is 0 Å². The first kappa shape index (κ1) is 12.0. The van der Waals surface area contributed by atoms with Gasteiger partial charge in [0.1, 0.15) is 0 Å². The summed E-state index contributed by atoms with van der Waals surface area (Å²) in [6.07, 6.45) is 5.66. The van der Waals surface area contributed by atoms with Crippen LogP contribution in [0.2, 0.25) is 0 Å². The molecule has 0 radical (unpaired) electrons. The van der Waals surface area contributed by atoms with Crippen LogP contribution in [-0.2, 0) is 4.79 Å². The molecule has 1 saturated carbocycles. The summed E-state index contributed by atoms with van der Waals surface area (Å²) in [5.74, 6) is 0.333. The molecular weight excluding hydrogens is 212 g/mol. The zero-order valence-electron chi connectivity index (χ0n) is 10.3. The predicted octanol–water partition coefficient (Wildman–Crippen LogP) is 3.10. The van der Waals surface area contributed by atoms with Crippen molar-refractivity contribution in [1.29, 1.82) is 0 Å². The van der Waals surface area contributed by atoms with Crippen LogP contribution in [0.4, 0.5) is 11.4 Å². The lowest BCUT2D eigenvalue weighted by Crippen LogP contribution is -2.24. The Morgan fingerprint density at radius 2 is 2.00 bits per heavy atom. The average Bonchev–Trinajstić information content (AvgIpc) is 2.35. The second-order valence-corrected chi connectivity index (χ2v) is 4.90. The van der Waals surface area contributed by atoms with Crippen molar-refractivity contribution in [2.24, 2.45) is 5.92 Å². The molecule has 3 N–H and O–H groups in total. The van der Waals surface area contributed by atoms with E-state index in [-0.39, 0.29) is 11.8 Å². The number of hydrogen-bond donors (Lipinski definition) is 2. The fourth-order valence-corrected chi connectivity index (χ4v) is 2.33. The monoisotopic (exact) mass is 232 g/mol. The Morgan fingerprint density at radius 1 is 1.29 bits per heavy atom. The number of carbonyl (C=O) groups excluding carboxylic acids is 1. The highest BCUT2D eigenvalue weighted by Gasteiger charge is 2.20. The summed E-state index contributed by atoms with van der Waals surface area (Å²) in [6, 6.07) is 5.67. The van der Waals surface area contributed by atoms with Crippen molar-refractivity contribution >= 4 is 17.3 Å². The number of rotatable bonds is 2. The van der Waals surface area contributed by atoms with E-state index >= 15 is 0 Å². The summed E-state index contributed by atoms with van der Waals surface area (Å²) < 4.78 is 0. The molecule has 1 aromatic carbocycles. The Kier molecular flexibility index (Phi) is 3.67. The third kappa shape index (κ3) is 2.99. The van der Waals surface area contributed by atoms with Crippen LogP contribution in [0.5, 0.6) is 0 Å². The second kappa shape index (κ2) is 5.21. The number of carbonyl (C=O) groups is 1. The summed E-state index contributed by atoms with van der Waals surface area (Å²) in [5.41, 5.74) is 8.40. The van der Waals surface area contributed by atoms with E-state index in [1.54, 1.807) is 0 Å². The van der Waals surface area contributed by atoms with Gasteiger partial charge < -0.3 is 11.1 Å². The molecule has 2 rings (SSSR count). The van der Waals surface area contributed by atoms with Gasteiger partial charge in [-0.05, 0) is 37.5 Å². The molecule has 0 bridgehead atoms. The smallest absolute Gasteiger partial charge is 0.227 e. The Balaban J connectivity index is 1.99. The van der Waals surface area contributed by atoms with E-state index in [2.05, 4.69) is 5.32 Å². The van der Waals surface area contributed by atoms with E-state index in [1.807, 2.05) is 25.1 Å². The van der Waals surface area contributed by atoms with Gasteiger partial charge in [-0.2, -0.15) is 0 Å². The fourth-order valence-electron chi connectivity index (χ4n) is 2.33. The van der Waals surface area contributed by atoms with Gasteiger partial charge in [-0.15, -0.1) is 0 Å². The molecule has 3 heteroatoms. The number of nitrogens with one attached hydrogen (secondary N) is 1. The van der Waals surface area contributed by atoms with Gasteiger partial charge >= 0.3 is 0 Å². The first-order chi connectivity index (χ1) is 8.16. The molecule has 1 aliphatic carbocycles. The topological polar surface area (TPSA) is 55.1 Å². The molecule has 17 heavy (non-hydrogen) atoms. The van der Waals surface area contributed by atoms with E-state index < -0.39 is 0 Å². The van der Waals surface area contributed by atoms with Gasteiger partial charge in [0.15, 0.2) is 0 Å². The highest BCUT2D eigenvalue weighted by atomic mass is 16.1. The minimum Gasteiger partial charge on any atom is -0.398 e. The first-order valence-electron chi connectivity index (χ1n) is 6.34. The van der Waals surface area contributed by atoms with Gasteiger partial charge in [-0.25, -0.2) is 0 Å². The number of nitrogens with two attached hydrogens (primary N) is 1. The van der Waals surface area contributed by atoms with Crippen molar-refractivity contribution in [3.05, 3.63) is 23.8 Å². The highest BCUT2D eigenvalue weighted by Crippen LogP contribution is 2.25. The van der Waals surface area contributed by atoms with E-state index in [0.717, 1.165) is 29.8 Å². The molecule has 0 atom stereocenters. The quantitative estimate of drug-likeness (QED) is 0.770. The second-order valence-electron chi connectivity index (χ2n) is 4.90. The lowest BCUT2D eigenvalue weighted by atomic mass is 9.88. The molecule has 1 fully saturated rings. The van der Waals surface area contributed by atoms with Crippen LogP contribution in [0.25, 0.3) is 0 Å². The number of nitrogen functional groups attached to an aromatic ring is 1. The lowest BCUT2D eigenvalue weighted by molar-refractivity contribution is -0.120. The zero-order chi connectivity index (χ0) is 12.3. The summed E-state index contributed by atoms with van der Waals surface area (Å²) in [5, 5.41) is 2.96. The Labute approximate surface area is 102 Å². The standard InChI is InChI=1S/C14H20N2O/c1-10-7-8-12(9-13(10)15)16-14(17)11-5-3-2-4-6-11/h7-9,11H,2-6,15H2,1H3,(H,16,17). The van der Waals surface area contributed by atoms with Gasteiger partial charge in [0.2, 0.25) is 5.91 Å².